The molecule has 0 unspecified atom stereocenters. The summed E-state index contributed by atoms with van der Waals surface area (Å²) in [4.78, 5) is 11.5. The average molecular weight is 278 g/mol. The van der Waals surface area contributed by atoms with Gasteiger partial charge in [-0.3, -0.25) is 4.79 Å². The largest absolute Gasteiger partial charge is 0.461 e. The van der Waals surface area contributed by atoms with Crippen molar-refractivity contribution in [2.45, 2.75) is 58.0 Å². The number of unbranched alkanes of at least 4 members (excludes halogenated alkanes) is 6. The molecule has 20 heavy (non-hydrogen) atoms. The van der Waals surface area contributed by atoms with Crippen LogP contribution < -0.4 is 0 Å². The highest BCUT2D eigenvalue weighted by Crippen LogP contribution is 2.09. The molecule has 0 bridgehead atoms. The van der Waals surface area contributed by atoms with Crippen molar-refractivity contribution in [3.63, 3.8) is 0 Å². The van der Waals surface area contributed by atoms with Gasteiger partial charge in [-0.25, -0.2) is 0 Å². The SMILES string of the molecule is O=C(CCCCCCCCCO)OCc1ccccc1. The minimum Gasteiger partial charge on any atom is -0.461 e. The summed E-state index contributed by atoms with van der Waals surface area (Å²) in [7, 11) is 0. The third-order valence-corrected chi connectivity index (χ3v) is 3.28. The average Bonchev–Trinajstić information content (AvgIpc) is 2.49. The number of esters is 1. The highest BCUT2D eigenvalue weighted by Gasteiger charge is 2.03. The standard InChI is InChI=1S/C17H26O3/c18-14-10-5-3-1-2-4-9-13-17(19)20-15-16-11-7-6-8-12-16/h6-8,11-12,18H,1-5,9-10,13-15H2. The molecule has 3 nitrogen and oxygen atoms in total. The predicted molar refractivity (Wildman–Crippen MR) is 80.3 cm³/mol. The van der Waals surface area contributed by atoms with E-state index in [0.29, 0.717) is 19.6 Å². The van der Waals surface area contributed by atoms with Crippen molar-refractivity contribution in [2.75, 3.05) is 6.61 Å². The van der Waals surface area contributed by atoms with E-state index in [0.717, 1.165) is 37.7 Å². The van der Waals surface area contributed by atoms with Gasteiger partial charge < -0.3 is 9.84 Å². The maximum absolute atomic E-state index is 11.5. The molecule has 0 aliphatic rings. The van der Waals surface area contributed by atoms with Crippen molar-refractivity contribution >= 4 is 5.97 Å². The Kier molecular flexibility index (Phi) is 9.58. The number of aliphatic hydroxyl groups is 1. The van der Waals surface area contributed by atoms with Crippen LogP contribution in [-0.2, 0) is 16.1 Å². The van der Waals surface area contributed by atoms with Gasteiger partial charge in [0.15, 0.2) is 0 Å². The number of hydrogen-bond donors (Lipinski definition) is 1. The summed E-state index contributed by atoms with van der Waals surface area (Å²) in [5.41, 5.74) is 1.03. The number of aliphatic hydroxyl groups excluding tert-OH is 1. The minimum atomic E-state index is -0.103. The van der Waals surface area contributed by atoms with Crippen molar-refractivity contribution in [3.05, 3.63) is 35.9 Å². The minimum absolute atomic E-state index is 0.103. The normalized spacial score (nSPS) is 10.4. The zero-order valence-corrected chi connectivity index (χ0v) is 12.2. The van der Waals surface area contributed by atoms with E-state index >= 15 is 0 Å². The third-order valence-electron chi connectivity index (χ3n) is 3.28. The number of carbonyl (C=O) groups excluding carboxylic acids is 1. The van der Waals surface area contributed by atoms with Gasteiger partial charge in [0.05, 0.1) is 0 Å². The molecule has 0 saturated carbocycles. The van der Waals surface area contributed by atoms with Gasteiger partial charge in [0, 0.05) is 13.0 Å². The first kappa shape index (κ1) is 16.7. The van der Waals surface area contributed by atoms with Crippen LogP contribution in [0.25, 0.3) is 0 Å². The summed E-state index contributed by atoms with van der Waals surface area (Å²) in [6.07, 6.45) is 8.06. The molecule has 0 spiro atoms. The zero-order valence-electron chi connectivity index (χ0n) is 12.2. The molecule has 1 aromatic rings. The van der Waals surface area contributed by atoms with E-state index < -0.39 is 0 Å². The fraction of sp³-hybridized carbons (Fsp3) is 0.588. The summed E-state index contributed by atoms with van der Waals surface area (Å²) in [6.45, 7) is 0.675. The fourth-order valence-corrected chi connectivity index (χ4v) is 2.08. The van der Waals surface area contributed by atoms with Gasteiger partial charge in [-0.2, -0.15) is 0 Å². The number of carbonyl (C=O) groups is 1. The summed E-state index contributed by atoms with van der Waals surface area (Å²) in [5, 5.41) is 8.65. The van der Waals surface area contributed by atoms with Crippen LogP contribution in [0.5, 0.6) is 0 Å². The maximum atomic E-state index is 11.5. The van der Waals surface area contributed by atoms with Gasteiger partial charge in [-0.1, -0.05) is 62.4 Å². The van der Waals surface area contributed by atoms with Crippen LogP contribution in [0.1, 0.15) is 56.9 Å². The molecule has 0 aliphatic heterocycles. The summed E-state index contributed by atoms with van der Waals surface area (Å²) >= 11 is 0. The monoisotopic (exact) mass is 278 g/mol. The Hall–Kier alpha value is -1.35. The lowest BCUT2D eigenvalue weighted by Gasteiger charge is -2.05. The Labute approximate surface area is 122 Å². The Balaban J connectivity index is 1.93. The van der Waals surface area contributed by atoms with Gasteiger partial charge >= 0.3 is 5.97 Å². The van der Waals surface area contributed by atoms with E-state index in [1.54, 1.807) is 0 Å². The van der Waals surface area contributed by atoms with Gasteiger partial charge in [0.25, 0.3) is 0 Å². The first-order chi connectivity index (χ1) is 9.83. The zero-order chi connectivity index (χ0) is 14.5. The van der Waals surface area contributed by atoms with Crippen molar-refractivity contribution < 1.29 is 14.6 Å². The van der Waals surface area contributed by atoms with Gasteiger partial charge in [0.2, 0.25) is 0 Å². The second-order valence-corrected chi connectivity index (χ2v) is 5.09. The highest BCUT2D eigenvalue weighted by molar-refractivity contribution is 5.69. The molecule has 0 aliphatic carbocycles. The van der Waals surface area contributed by atoms with Crippen LogP contribution in [0.15, 0.2) is 30.3 Å². The molecule has 3 heteroatoms. The summed E-state index contributed by atoms with van der Waals surface area (Å²) in [5.74, 6) is -0.103. The number of hydrogen-bond acceptors (Lipinski definition) is 3. The molecule has 0 amide bonds. The topological polar surface area (TPSA) is 46.5 Å². The first-order valence-corrected chi connectivity index (χ1v) is 7.63. The molecule has 0 aromatic heterocycles. The van der Waals surface area contributed by atoms with Crippen LogP contribution in [0.2, 0.25) is 0 Å². The molecule has 0 saturated heterocycles. The molecule has 1 N–H and O–H groups in total. The maximum Gasteiger partial charge on any atom is 0.306 e. The molecule has 1 aromatic carbocycles. The van der Waals surface area contributed by atoms with Crippen molar-refractivity contribution in [1.82, 2.24) is 0 Å². The van der Waals surface area contributed by atoms with Crippen LogP contribution in [0.3, 0.4) is 0 Å². The van der Waals surface area contributed by atoms with Gasteiger partial charge in [0.1, 0.15) is 6.61 Å². The molecule has 0 atom stereocenters. The molecule has 1 rings (SSSR count). The van der Waals surface area contributed by atoms with E-state index in [4.69, 9.17) is 9.84 Å². The number of ether oxygens (including phenoxy) is 1. The third kappa shape index (κ3) is 8.70. The van der Waals surface area contributed by atoms with E-state index in [9.17, 15) is 4.79 Å². The Bertz CT molecular complexity index is 349. The Morgan fingerprint density at radius 3 is 2.15 bits per heavy atom. The van der Waals surface area contributed by atoms with Crippen LogP contribution in [-0.4, -0.2) is 17.7 Å². The summed E-state index contributed by atoms with van der Waals surface area (Å²) in [6, 6.07) is 9.76. The molecular weight excluding hydrogens is 252 g/mol. The van der Waals surface area contributed by atoms with E-state index in [-0.39, 0.29) is 5.97 Å². The second kappa shape index (κ2) is 11.5. The first-order valence-electron chi connectivity index (χ1n) is 7.63. The van der Waals surface area contributed by atoms with Crippen molar-refractivity contribution in [1.29, 1.82) is 0 Å². The quantitative estimate of drug-likeness (QED) is 0.494. The number of benzene rings is 1. The Morgan fingerprint density at radius 1 is 0.900 bits per heavy atom. The predicted octanol–water partition coefficient (Wildman–Crippen LogP) is 3.84. The lowest BCUT2D eigenvalue weighted by molar-refractivity contribution is -0.145. The highest BCUT2D eigenvalue weighted by atomic mass is 16.5. The van der Waals surface area contributed by atoms with Crippen molar-refractivity contribution in [2.24, 2.45) is 0 Å². The molecule has 0 heterocycles. The Morgan fingerprint density at radius 2 is 1.50 bits per heavy atom. The van der Waals surface area contributed by atoms with Crippen LogP contribution >= 0.6 is 0 Å². The van der Waals surface area contributed by atoms with Crippen molar-refractivity contribution in [3.8, 4) is 0 Å². The summed E-state index contributed by atoms with van der Waals surface area (Å²) < 4.78 is 5.22. The smallest absolute Gasteiger partial charge is 0.306 e. The molecule has 0 fully saturated rings. The van der Waals surface area contributed by atoms with Gasteiger partial charge in [-0.15, -0.1) is 0 Å². The van der Waals surface area contributed by atoms with Crippen LogP contribution in [0, 0.1) is 0 Å². The molecular formula is C17H26O3. The molecule has 0 radical (unpaired) electrons. The van der Waals surface area contributed by atoms with E-state index in [1.807, 2.05) is 30.3 Å². The number of rotatable bonds is 11. The molecule has 112 valence electrons. The fourth-order valence-electron chi connectivity index (χ4n) is 2.08. The lowest BCUT2D eigenvalue weighted by Crippen LogP contribution is -2.04. The van der Waals surface area contributed by atoms with E-state index in [2.05, 4.69) is 0 Å². The van der Waals surface area contributed by atoms with Crippen LogP contribution in [0.4, 0.5) is 0 Å². The lowest BCUT2D eigenvalue weighted by atomic mass is 10.1. The van der Waals surface area contributed by atoms with E-state index in [1.165, 1.54) is 12.8 Å². The van der Waals surface area contributed by atoms with Gasteiger partial charge in [-0.05, 0) is 18.4 Å². The second-order valence-electron chi connectivity index (χ2n) is 5.09.